The Bertz CT molecular complexity index is 258. The van der Waals surface area contributed by atoms with Gasteiger partial charge in [0.15, 0.2) is 0 Å². The highest BCUT2D eigenvalue weighted by Crippen LogP contribution is 2.22. The fraction of sp³-hybridized carbons (Fsp3) is 0.667. The molecule has 1 N–H and O–H groups in total. The predicted molar refractivity (Wildman–Crippen MR) is 59.2 cm³/mol. The number of hydrogen-bond donors (Lipinski definition) is 1. The summed E-state index contributed by atoms with van der Waals surface area (Å²) in [5.41, 5.74) is 0.796. The normalized spacial score (nSPS) is 13.6. The Labute approximate surface area is 87.4 Å². The second-order valence-corrected chi connectivity index (χ2v) is 5.71. The molecule has 1 rings (SSSR count). The van der Waals surface area contributed by atoms with Crippen molar-refractivity contribution in [3.8, 4) is 0 Å². The SMILES string of the molecule is CC(C)SCc1nc(C(C)O)cs1. The minimum absolute atomic E-state index is 0.436. The summed E-state index contributed by atoms with van der Waals surface area (Å²) in [6, 6.07) is 0. The van der Waals surface area contributed by atoms with Crippen LogP contribution in [0.5, 0.6) is 0 Å². The van der Waals surface area contributed by atoms with Gasteiger partial charge in [0.25, 0.3) is 0 Å². The number of aliphatic hydroxyl groups is 1. The molecule has 1 aromatic rings. The van der Waals surface area contributed by atoms with Crippen LogP contribution in [0, 0.1) is 0 Å². The van der Waals surface area contributed by atoms with Crippen LogP contribution in [0.15, 0.2) is 5.38 Å². The third-order valence-corrected chi connectivity index (χ3v) is 3.69. The van der Waals surface area contributed by atoms with Gasteiger partial charge in [0.05, 0.1) is 11.8 Å². The van der Waals surface area contributed by atoms with Crippen LogP contribution < -0.4 is 0 Å². The van der Waals surface area contributed by atoms with Gasteiger partial charge in [-0.2, -0.15) is 11.8 Å². The van der Waals surface area contributed by atoms with Crippen molar-refractivity contribution >= 4 is 23.1 Å². The number of thioether (sulfide) groups is 1. The van der Waals surface area contributed by atoms with Gasteiger partial charge in [-0.05, 0) is 12.2 Å². The number of aromatic nitrogens is 1. The fourth-order valence-electron chi connectivity index (χ4n) is 0.821. The van der Waals surface area contributed by atoms with E-state index in [9.17, 15) is 5.11 Å². The largest absolute Gasteiger partial charge is 0.387 e. The molecule has 13 heavy (non-hydrogen) atoms. The Morgan fingerprint density at radius 3 is 2.69 bits per heavy atom. The van der Waals surface area contributed by atoms with Crippen LogP contribution in [0.4, 0.5) is 0 Å². The summed E-state index contributed by atoms with van der Waals surface area (Å²) in [5.74, 6) is 0.953. The lowest BCUT2D eigenvalue weighted by atomic mass is 10.3. The summed E-state index contributed by atoms with van der Waals surface area (Å²) >= 11 is 3.50. The summed E-state index contributed by atoms with van der Waals surface area (Å²) in [5, 5.41) is 12.9. The molecule has 1 atom stereocenters. The van der Waals surface area contributed by atoms with E-state index in [2.05, 4.69) is 18.8 Å². The molecular formula is C9H15NOS2. The summed E-state index contributed by atoms with van der Waals surface area (Å²) in [7, 11) is 0. The van der Waals surface area contributed by atoms with Gasteiger partial charge in [0.1, 0.15) is 5.01 Å². The summed E-state index contributed by atoms with van der Waals surface area (Å²) in [4.78, 5) is 4.33. The number of nitrogens with zero attached hydrogens (tertiary/aromatic N) is 1. The first-order valence-electron chi connectivity index (χ1n) is 4.33. The molecule has 1 heterocycles. The maximum absolute atomic E-state index is 9.25. The lowest BCUT2D eigenvalue weighted by Crippen LogP contribution is -1.92. The molecule has 1 unspecified atom stereocenters. The maximum Gasteiger partial charge on any atom is 0.103 e. The molecule has 1 aromatic heterocycles. The first kappa shape index (κ1) is 11.0. The lowest BCUT2D eigenvalue weighted by molar-refractivity contribution is 0.195. The smallest absolute Gasteiger partial charge is 0.103 e. The second-order valence-electron chi connectivity index (χ2n) is 3.20. The van der Waals surface area contributed by atoms with Gasteiger partial charge in [-0.1, -0.05) is 13.8 Å². The van der Waals surface area contributed by atoms with Crippen molar-refractivity contribution in [1.29, 1.82) is 0 Å². The number of thiazole rings is 1. The molecule has 0 bridgehead atoms. The van der Waals surface area contributed by atoms with Crippen LogP contribution in [0.25, 0.3) is 0 Å². The van der Waals surface area contributed by atoms with E-state index in [1.54, 1.807) is 18.3 Å². The molecule has 0 saturated carbocycles. The maximum atomic E-state index is 9.25. The summed E-state index contributed by atoms with van der Waals surface area (Å²) in [6.07, 6.45) is -0.436. The number of rotatable bonds is 4. The molecule has 0 aromatic carbocycles. The minimum atomic E-state index is -0.436. The molecule has 74 valence electrons. The molecule has 0 fully saturated rings. The predicted octanol–water partition coefficient (Wildman–Crippen LogP) is 2.84. The van der Waals surface area contributed by atoms with E-state index in [0.717, 1.165) is 16.5 Å². The van der Waals surface area contributed by atoms with Crippen molar-refractivity contribution in [3.05, 3.63) is 16.1 Å². The van der Waals surface area contributed by atoms with Crippen LogP contribution >= 0.6 is 23.1 Å². The Balaban J connectivity index is 2.49. The van der Waals surface area contributed by atoms with Crippen LogP contribution in [0.2, 0.25) is 0 Å². The van der Waals surface area contributed by atoms with E-state index in [-0.39, 0.29) is 0 Å². The van der Waals surface area contributed by atoms with Crippen molar-refractivity contribution < 1.29 is 5.11 Å². The summed E-state index contributed by atoms with van der Waals surface area (Å²) < 4.78 is 0. The average Bonchev–Trinajstić information content (AvgIpc) is 2.48. The van der Waals surface area contributed by atoms with E-state index in [1.165, 1.54) is 0 Å². The Morgan fingerprint density at radius 1 is 1.54 bits per heavy atom. The van der Waals surface area contributed by atoms with Gasteiger partial charge < -0.3 is 5.11 Å². The molecule has 0 aliphatic rings. The van der Waals surface area contributed by atoms with Gasteiger partial charge in [-0.15, -0.1) is 11.3 Å². The number of aliphatic hydroxyl groups excluding tert-OH is 1. The first-order chi connectivity index (χ1) is 6.09. The fourth-order valence-corrected chi connectivity index (χ4v) is 2.50. The van der Waals surface area contributed by atoms with Crippen molar-refractivity contribution in [3.63, 3.8) is 0 Å². The quantitative estimate of drug-likeness (QED) is 0.842. The molecule has 0 amide bonds. The van der Waals surface area contributed by atoms with E-state index >= 15 is 0 Å². The highest BCUT2D eigenvalue weighted by molar-refractivity contribution is 7.99. The van der Waals surface area contributed by atoms with E-state index in [1.807, 2.05) is 17.1 Å². The standard InChI is InChI=1S/C9H15NOS2/c1-6(2)12-5-9-10-8(4-13-9)7(3)11/h4,6-7,11H,5H2,1-3H3. The van der Waals surface area contributed by atoms with Crippen molar-refractivity contribution in [1.82, 2.24) is 4.98 Å². The molecule has 4 heteroatoms. The molecule has 0 saturated heterocycles. The first-order valence-corrected chi connectivity index (χ1v) is 6.26. The molecule has 0 spiro atoms. The highest BCUT2D eigenvalue weighted by Gasteiger charge is 2.07. The van der Waals surface area contributed by atoms with Crippen LogP contribution in [-0.4, -0.2) is 15.3 Å². The monoisotopic (exact) mass is 217 g/mol. The third kappa shape index (κ3) is 3.67. The zero-order chi connectivity index (χ0) is 9.84. The molecule has 0 aliphatic heterocycles. The van der Waals surface area contributed by atoms with E-state index < -0.39 is 6.10 Å². The molecule has 0 radical (unpaired) electrons. The topological polar surface area (TPSA) is 33.1 Å². The summed E-state index contributed by atoms with van der Waals surface area (Å²) in [6.45, 7) is 6.09. The average molecular weight is 217 g/mol. The Kier molecular flexibility index (Phi) is 4.22. The minimum Gasteiger partial charge on any atom is -0.387 e. The Morgan fingerprint density at radius 2 is 2.23 bits per heavy atom. The van der Waals surface area contributed by atoms with Crippen LogP contribution in [0.1, 0.15) is 37.6 Å². The van der Waals surface area contributed by atoms with Gasteiger partial charge in [0, 0.05) is 11.1 Å². The Hall–Kier alpha value is -0.0600. The van der Waals surface area contributed by atoms with Crippen molar-refractivity contribution in [2.24, 2.45) is 0 Å². The van der Waals surface area contributed by atoms with Crippen LogP contribution in [0.3, 0.4) is 0 Å². The lowest BCUT2D eigenvalue weighted by Gasteiger charge is -2.01. The van der Waals surface area contributed by atoms with Crippen LogP contribution in [-0.2, 0) is 5.75 Å². The van der Waals surface area contributed by atoms with Gasteiger partial charge in [0.2, 0.25) is 0 Å². The number of hydrogen-bond acceptors (Lipinski definition) is 4. The third-order valence-electron chi connectivity index (χ3n) is 1.54. The van der Waals surface area contributed by atoms with Gasteiger partial charge in [-0.25, -0.2) is 4.98 Å². The zero-order valence-electron chi connectivity index (χ0n) is 8.15. The molecular weight excluding hydrogens is 202 g/mol. The van der Waals surface area contributed by atoms with Gasteiger partial charge >= 0.3 is 0 Å². The van der Waals surface area contributed by atoms with E-state index in [4.69, 9.17) is 0 Å². The second kappa shape index (κ2) is 4.98. The molecule has 2 nitrogen and oxygen atoms in total. The molecule has 0 aliphatic carbocycles. The highest BCUT2D eigenvalue weighted by atomic mass is 32.2. The van der Waals surface area contributed by atoms with E-state index in [0.29, 0.717) is 5.25 Å². The van der Waals surface area contributed by atoms with Crippen molar-refractivity contribution in [2.45, 2.75) is 37.9 Å². The van der Waals surface area contributed by atoms with Crippen molar-refractivity contribution in [2.75, 3.05) is 0 Å². The zero-order valence-corrected chi connectivity index (χ0v) is 9.78. The van der Waals surface area contributed by atoms with Gasteiger partial charge in [-0.3, -0.25) is 0 Å².